The van der Waals surface area contributed by atoms with E-state index in [-0.39, 0.29) is 16.3 Å². The smallest absolute Gasteiger partial charge is 0.294 e. The van der Waals surface area contributed by atoms with E-state index in [1.54, 1.807) is 0 Å². The normalized spacial score (nSPS) is 11.3. The van der Waals surface area contributed by atoms with Crippen molar-refractivity contribution in [2.24, 2.45) is 0 Å². The quantitative estimate of drug-likeness (QED) is 0.836. The zero-order valence-corrected chi connectivity index (χ0v) is 12.3. The molecular weight excluding hydrogens is 340 g/mol. The van der Waals surface area contributed by atoms with Gasteiger partial charge in [0.15, 0.2) is 11.6 Å². The molecule has 1 amide bonds. The summed E-state index contributed by atoms with van der Waals surface area (Å²) in [5, 5.41) is 2.16. The van der Waals surface area contributed by atoms with E-state index < -0.39 is 32.6 Å². The van der Waals surface area contributed by atoms with E-state index in [0.717, 1.165) is 36.4 Å². The van der Waals surface area contributed by atoms with Crippen LogP contribution in [0.15, 0.2) is 41.3 Å². The van der Waals surface area contributed by atoms with Gasteiger partial charge in [0.2, 0.25) is 0 Å². The Labute approximate surface area is 129 Å². The molecule has 0 aliphatic rings. The lowest BCUT2D eigenvalue weighted by Crippen LogP contribution is -2.13. The second kappa shape index (κ2) is 5.99. The van der Waals surface area contributed by atoms with Crippen LogP contribution >= 0.6 is 11.6 Å². The van der Waals surface area contributed by atoms with Crippen molar-refractivity contribution in [3.05, 3.63) is 58.6 Å². The third-order valence-corrected chi connectivity index (χ3v) is 3.84. The number of hydrogen-bond donors (Lipinski definition) is 2. The Hall–Kier alpha value is -2.03. The number of benzene rings is 2. The first-order valence-electron chi connectivity index (χ1n) is 5.72. The van der Waals surface area contributed by atoms with E-state index in [1.165, 1.54) is 0 Å². The highest BCUT2D eigenvalue weighted by atomic mass is 35.5. The number of anilines is 1. The van der Waals surface area contributed by atoms with Gasteiger partial charge in [-0.15, -0.1) is 0 Å². The molecule has 2 aromatic carbocycles. The number of amides is 1. The molecule has 0 aliphatic carbocycles. The lowest BCUT2D eigenvalue weighted by atomic mass is 10.2. The van der Waals surface area contributed by atoms with Gasteiger partial charge in [-0.05, 0) is 30.3 Å². The van der Waals surface area contributed by atoms with Crippen LogP contribution < -0.4 is 5.32 Å². The Morgan fingerprint density at radius 3 is 2.36 bits per heavy atom. The SMILES string of the molecule is O=C(Nc1ccc(F)c(F)c1)c1cc(S(=O)(=O)O)ccc1Cl. The molecule has 0 fully saturated rings. The molecule has 0 unspecified atom stereocenters. The predicted molar refractivity (Wildman–Crippen MR) is 75.6 cm³/mol. The zero-order chi connectivity index (χ0) is 16.5. The molecule has 0 spiro atoms. The second-order valence-corrected chi connectivity index (χ2v) is 6.03. The first kappa shape index (κ1) is 16.3. The van der Waals surface area contributed by atoms with Crippen molar-refractivity contribution < 1.29 is 26.5 Å². The molecular formula is C13H8ClF2NO4S. The van der Waals surface area contributed by atoms with Crippen molar-refractivity contribution in [1.82, 2.24) is 0 Å². The van der Waals surface area contributed by atoms with Gasteiger partial charge in [-0.1, -0.05) is 11.6 Å². The summed E-state index contributed by atoms with van der Waals surface area (Å²) in [7, 11) is -4.51. The summed E-state index contributed by atoms with van der Waals surface area (Å²) in [5.74, 6) is -3.08. The van der Waals surface area contributed by atoms with Crippen LogP contribution in [-0.2, 0) is 10.1 Å². The van der Waals surface area contributed by atoms with E-state index in [4.69, 9.17) is 16.2 Å². The largest absolute Gasteiger partial charge is 0.322 e. The fourth-order valence-corrected chi connectivity index (χ4v) is 2.32. The number of halogens is 3. The average molecular weight is 348 g/mol. The van der Waals surface area contributed by atoms with Crippen LogP contribution in [0.2, 0.25) is 5.02 Å². The highest BCUT2D eigenvalue weighted by molar-refractivity contribution is 7.85. The maximum Gasteiger partial charge on any atom is 0.294 e. The van der Waals surface area contributed by atoms with E-state index in [2.05, 4.69) is 5.32 Å². The third-order valence-electron chi connectivity index (χ3n) is 2.66. The number of carbonyl (C=O) groups is 1. The van der Waals surface area contributed by atoms with Crippen molar-refractivity contribution in [1.29, 1.82) is 0 Å². The van der Waals surface area contributed by atoms with Crippen molar-refractivity contribution in [2.45, 2.75) is 4.90 Å². The fraction of sp³-hybridized carbons (Fsp3) is 0. The van der Waals surface area contributed by atoms with Gasteiger partial charge < -0.3 is 5.32 Å². The van der Waals surface area contributed by atoms with Gasteiger partial charge in [-0.3, -0.25) is 9.35 Å². The summed E-state index contributed by atoms with van der Waals surface area (Å²) < 4.78 is 56.9. The van der Waals surface area contributed by atoms with Gasteiger partial charge in [0, 0.05) is 11.8 Å². The first-order chi connectivity index (χ1) is 10.2. The van der Waals surface area contributed by atoms with Crippen LogP contribution in [0, 0.1) is 11.6 Å². The van der Waals surface area contributed by atoms with Crippen LogP contribution in [0.1, 0.15) is 10.4 Å². The molecule has 0 saturated carbocycles. The minimum absolute atomic E-state index is 0.0442. The number of rotatable bonds is 3. The van der Waals surface area contributed by atoms with Gasteiger partial charge in [-0.2, -0.15) is 8.42 Å². The summed E-state index contributed by atoms with van der Waals surface area (Å²) in [4.78, 5) is 11.5. The Balaban J connectivity index is 2.35. The Morgan fingerprint density at radius 2 is 1.77 bits per heavy atom. The van der Waals surface area contributed by atoms with Crippen LogP contribution in [0.25, 0.3) is 0 Å². The molecule has 2 aromatic rings. The monoisotopic (exact) mass is 347 g/mol. The van der Waals surface area contributed by atoms with E-state index in [9.17, 15) is 22.0 Å². The van der Waals surface area contributed by atoms with Gasteiger partial charge >= 0.3 is 0 Å². The van der Waals surface area contributed by atoms with Crippen LogP contribution in [0.4, 0.5) is 14.5 Å². The maximum absolute atomic E-state index is 13.1. The first-order valence-corrected chi connectivity index (χ1v) is 7.54. The molecule has 0 aliphatic heterocycles. The van der Waals surface area contributed by atoms with E-state index >= 15 is 0 Å². The zero-order valence-electron chi connectivity index (χ0n) is 10.7. The molecule has 0 radical (unpaired) electrons. The van der Waals surface area contributed by atoms with Crippen molar-refractivity contribution in [3.8, 4) is 0 Å². The molecule has 0 saturated heterocycles. The number of carbonyl (C=O) groups excluding carboxylic acids is 1. The molecule has 22 heavy (non-hydrogen) atoms. The Morgan fingerprint density at radius 1 is 1.09 bits per heavy atom. The van der Waals surface area contributed by atoms with Gasteiger partial charge in [0.05, 0.1) is 15.5 Å². The molecule has 5 nitrogen and oxygen atoms in total. The Bertz CT molecular complexity index is 855. The molecule has 0 heterocycles. The van der Waals surface area contributed by atoms with Crippen LogP contribution in [0.5, 0.6) is 0 Å². The minimum atomic E-state index is -4.51. The van der Waals surface area contributed by atoms with E-state index in [1.807, 2.05) is 0 Å². The molecule has 2 N–H and O–H groups in total. The van der Waals surface area contributed by atoms with Gasteiger partial charge in [-0.25, -0.2) is 8.78 Å². The Kier molecular flexibility index (Phi) is 4.45. The lowest BCUT2D eigenvalue weighted by Gasteiger charge is -2.08. The average Bonchev–Trinajstić information content (AvgIpc) is 2.42. The van der Waals surface area contributed by atoms with Crippen molar-refractivity contribution in [2.75, 3.05) is 5.32 Å². The van der Waals surface area contributed by atoms with Crippen LogP contribution in [-0.4, -0.2) is 18.9 Å². The molecule has 116 valence electrons. The number of hydrogen-bond acceptors (Lipinski definition) is 3. The second-order valence-electron chi connectivity index (χ2n) is 4.20. The summed E-state index contributed by atoms with van der Waals surface area (Å²) in [5.41, 5.74) is -0.293. The van der Waals surface area contributed by atoms with Gasteiger partial charge in [0.1, 0.15) is 0 Å². The molecule has 9 heteroatoms. The highest BCUT2D eigenvalue weighted by Gasteiger charge is 2.17. The topological polar surface area (TPSA) is 83.5 Å². The van der Waals surface area contributed by atoms with Gasteiger partial charge in [0.25, 0.3) is 16.0 Å². The highest BCUT2D eigenvalue weighted by Crippen LogP contribution is 2.22. The van der Waals surface area contributed by atoms with E-state index in [0.29, 0.717) is 0 Å². The summed E-state index contributed by atoms with van der Waals surface area (Å²) >= 11 is 5.79. The summed E-state index contributed by atoms with van der Waals surface area (Å²) in [6.45, 7) is 0. The lowest BCUT2D eigenvalue weighted by molar-refractivity contribution is 0.102. The molecule has 0 atom stereocenters. The predicted octanol–water partition coefficient (Wildman–Crippen LogP) is 3.12. The van der Waals surface area contributed by atoms with Crippen LogP contribution in [0.3, 0.4) is 0 Å². The van der Waals surface area contributed by atoms with Crippen molar-refractivity contribution >= 4 is 33.3 Å². The third kappa shape index (κ3) is 3.59. The van der Waals surface area contributed by atoms with Crippen molar-refractivity contribution in [3.63, 3.8) is 0 Å². The fourth-order valence-electron chi connectivity index (χ4n) is 1.61. The minimum Gasteiger partial charge on any atom is -0.322 e. The molecule has 2 rings (SSSR count). The molecule has 0 bridgehead atoms. The standard InChI is InChI=1S/C13H8ClF2NO4S/c14-10-3-2-8(22(19,20)21)6-9(10)13(18)17-7-1-4-11(15)12(16)5-7/h1-6H,(H,17,18)(H,19,20,21). The summed E-state index contributed by atoms with van der Waals surface area (Å²) in [6.07, 6.45) is 0. The summed E-state index contributed by atoms with van der Waals surface area (Å²) in [6, 6.07) is 5.70. The maximum atomic E-state index is 13.1. The number of nitrogens with one attached hydrogen (secondary N) is 1. The molecule has 0 aromatic heterocycles.